The van der Waals surface area contributed by atoms with Crippen LogP contribution in [-0.2, 0) is 6.18 Å². The zero-order valence-electron chi connectivity index (χ0n) is 22.1. The van der Waals surface area contributed by atoms with Gasteiger partial charge in [-0.05, 0) is 71.7 Å². The summed E-state index contributed by atoms with van der Waals surface area (Å²) in [5, 5.41) is 3.24. The van der Waals surface area contributed by atoms with Crippen LogP contribution < -0.4 is 10.7 Å². The number of aromatic nitrogens is 1. The first-order chi connectivity index (χ1) is 18.1. The lowest BCUT2D eigenvalue weighted by molar-refractivity contribution is -0.137. The van der Waals surface area contributed by atoms with Crippen molar-refractivity contribution in [3.63, 3.8) is 0 Å². The van der Waals surface area contributed by atoms with Crippen LogP contribution in [0.1, 0.15) is 85.5 Å². The summed E-state index contributed by atoms with van der Waals surface area (Å²) in [5.41, 5.74) is 0.0458. The molecule has 0 aliphatic carbocycles. The molecule has 1 aliphatic rings. The van der Waals surface area contributed by atoms with Crippen molar-refractivity contribution < 1.29 is 36.3 Å². The molecule has 0 saturated carbocycles. The predicted octanol–water partition coefficient (Wildman–Crippen LogP) is 5.22. The van der Waals surface area contributed by atoms with E-state index in [0.29, 0.717) is 12.1 Å². The molecular formula is C26H30F5N5O3. The number of hydrogen-bond acceptors (Lipinski definition) is 4. The van der Waals surface area contributed by atoms with E-state index in [2.05, 4.69) is 15.7 Å². The SMILES string of the molecule is CC(C)N(NC(=O)c1cc(F)cc(C(F)(F)F)c1)C(=O)N[C@H](C)c1ncc(C(=O)N2[C@H](C)CC[C@@H]2C)cc1F. The summed E-state index contributed by atoms with van der Waals surface area (Å²) in [4.78, 5) is 44.1. The molecule has 4 amide bonds. The number of amides is 4. The number of urea groups is 1. The van der Waals surface area contributed by atoms with Crippen molar-refractivity contribution in [2.24, 2.45) is 0 Å². The highest BCUT2D eigenvalue weighted by Gasteiger charge is 2.34. The maximum absolute atomic E-state index is 15.0. The quantitative estimate of drug-likeness (QED) is 0.391. The molecular weight excluding hydrogens is 525 g/mol. The van der Waals surface area contributed by atoms with Gasteiger partial charge in [-0.3, -0.25) is 20.0 Å². The van der Waals surface area contributed by atoms with Gasteiger partial charge in [0, 0.05) is 29.9 Å². The zero-order chi connectivity index (χ0) is 29.2. The first kappa shape index (κ1) is 29.8. The Morgan fingerprint density at radius 2 is 1.62 bits per heavy atom. The van der Waals surface area contributed by atoms with E-state index in [9.17, 15) is 36.3 Å². The van der Waals surface area contributed by atoms with Crippen LogP contribution in [0.5, 0.6) is 0 Å². The average Bonchev–Trinajstić information content (AvgIpc) is 3.18. The second-order valence-electron chi connectivity index (χ2n) is 9.88. The van der Waals surface area contributed by atoms with E-state index in [4.69, 9.17) is 0 Å². The lowest BCUT2D eigenvalue weighted by Crippen LogP contribution is -2.54. The molecule has 39 heavy (non-hydrogen) atoms. The highest BCUT2D eigenvalue weighted by Crippen LogP contribution is 2.30. The van der Waals surface area contributed by atoms with Crippen LogP contribution in [0, 0.1) is 11.6 Å². The van der Waals surface area contributed by atoms with Gasteiger partial charge in [-0.25, -0.2) is 18.6 Å². The standard InChI is InChI=1S/C26H30F5N5O3/c1-13(2)36(34-23(37)17-8-19(26(29,30)31)11-20(27)9-17)25(39)33-16(5)22-21(28)10-18(12-32-22)24(38)35-14(3)6-7-15(35)4/h8-16H,6-7H2,1-5H3,(H,33,39)(H,34,37)/t14-,15+,16-/m1/s1. The lowest BCUT2D eigenvalue weighted by Gasteiger charge is -2.29. The van der Waals surface area contributed by atoms with Gasteiger partial charge in [-0.15, -0.1) is 0 Å². The van der Waals surface area contributed by atoms with Gasteiger partial charge in [0.15, 0.2) is 0 Å². The topological polar surface area (TPSA) is 94.6 Å². The number of hydrazine groups is 1. The number of halogens is 5. The number of hydrogen-bond donors (Lipinski definition) is 2. The minimum absolute atomic E-state index is 0.0121. The van der Waals surface area contributed by atoms with Gasteiger partial charge in [0.05, 0.1) is 22.9 Å². The molecule has 0 spiro atoms. The van der Waals surface area contributed by atoms with E-state index in [1.54, 1.807) is 4.90 Å². The number of nitrogens with one attached hydrogen (secondary N) is 2. The highest BCUT2D eigenvalue weighted by atomic mass is 19.4. The number of rotatable bonds is 5. The molecule has 2 aromatic rings. The Morgan fingerprint density at radius 1 is 1.00 bits per heavy atom. The Labute approximate surface area is 222 Å². The molecule has 3 rings (SSSR count). The third kappa shape index (κ3) is 6.82. The van der Waals surface area contributed by atoms with Crippen molar-refractivity contribution in [1.29, 1.82) is 0 Å². The molecule has 0 bridgehead atoms. The van der Waals surface area contributed by atoms with Gasteiger partial charge in [-0.1, -0.05) is 0 Å². The van der Waals surface area contributed by atoms with Crippen molar-refractivity contribution in [1.82, 2.24) is 25.6 Å². The van der Waals surface area contributed by atoms with Gasteiger partial charge >= 0.3 is 12.2 Å². The van der Waals surface area contributed by atoms with Gasteiger partial charge < -0.3 is 10.2 Å². The second kappa shape index (κ2) is 11.5. The summed E-state index contributed by atoms with van der Waals surface area (Å²) in [6, 6.07) is -0.239. The molecule has 1 aliphatic heterocycles. The number of alkyl halides is 3. The third-order valence-corrected chi connectivity index (χ3v) is 6.50. The summed E-state index contributed by atoms with van der Waals surface area (Å²) in [6.45, 7) is 8.28. The van der Waals surface area contributed by atoms with Crippen LogP contribution in [-0.4, -0.2) is 50.9 Å². The fourth-order valence-electron chi connectivity index (χ4n) is 4.42. The van der Waals surface area contributed by atoms with Gasteiger partial charge in [0.25, 0.3) is 11.8 Å². The van der Waals surface area contributed by atoms with E-state index >= 15 is 0 Å². The van der Waals surface area contributed by atoms with E-state index < -0.39 is 53.0 Å². The Bertz CT molecular complexity index is 1240. The molecule has 13 heteroatoms. The number of carbonyl (C=O) groups is 3. The van der Waals surface area contributed by atoms with Gasteiger partial charge in [0.2, 0.25) is 0 Å². The summed E-state index contributed by atoms with van der Waals surface area (Å²) in [5.74, 6) is -3.61. The number of benzene rings is 1. The van der Waals surface area contributed by atoms with Crippen LogP contribution >= 0.6 is 0 Å². The number of nitrogens with zero attached hydrogens (tertiary/aromatic N) is 3. The molecule has 0 radical (unpaired) electrons. The minimum atomic E-state index is -4.89. The molecule has 2 N–H and O–H groups in total. The van der Waals surface area contributed by atoms with Crippen LogP contribution in [0.25, 0.3) is 0 Å². The van der Waals surface area contributed by atoms with Crippen LogP contribution in [0.15, 0.2) is 30.5 Å². The Kier molecular flexibility index (Phi) is 8.81. The molecule has 1 fully saturated rings. The third-order valence-electron chi connectivity index (χ3n) is 6.50. The monoisotopic (exact) mass is 555 g/mol. The maximum atomic E-state index is 15.0. The molecule has 0 unspecified atom stereocenters. The number of likely N-dealkylation sites (tertiary alicyclic amines) is 1. The average molecular weight is 556 g/mol. The highest BCUT2D eigenvalue weighted by molar-refractivity contribution is 5.96. The van der Waals surface area contributed by atoms with Crippen molar-refractivity contribution in [3.8, 4) is 0 Å². The Hall–Kier alpha value is -3.77. The molecule has 1 aromatic carbocycles. The molecule has 1 saturated heterocycles. The normalized spacial score (nSPS) is 18.2. The van der Waals surface area contributed by atoms with Crippen molar-refractivity contribution >= 4 is 17.8 Å². The van der Waals surface area contributed by atoms with Gasteiger partial charge in [0.1, 0.15) is 11.6 Å². The summed E-state index contributed by atoms with van der Waals surface area (Å²) in [7, 11) is 0. The summed E-state index contributed by atoms with van der Waals surface area (Å²) < 4.78 is 67.8. The van der Waals surface area contributed by atoms with Crippen LogP contribution in [0.2, 0.25) is 0 Å². The van der Waals surface area contributed by atoms with E-state index in [-0.39, 0.29) is 35.3 Å². The predicted molar refractivity (Wildman–Crippen MR) is 131 cm³/mol. The minimum Gasteiger partial charge on any atom is -0.333 e. The first-order valence-corrected chi connectivity index (χ1v) is 12.4. The van der Waals surface area contributed by atoms with E-state index in [1.807, 2.05) is 13.8 Å². The molecule has 212 valence electrons. The Balaban J connectivity index is 1.73. The summed E-state index contributed by atoms with van der Waals surface area (Å²) >= 11 is 0. The van der Waals surface area contributed by atoms with E-state index in [1.165, 1.54) is 27.0 Å². The molecule has 3 atom stereocenters. The van der Waals surface area contributed by atoms with Crippen molar-refractivity contribution in [2.75, 3.05) is 0 Å². The number of pyridine rings is 1. The summed E-state index contributed by atoms with van der Waals surface area (Å²) in [6.07, 6.45) is -1.97. The lowest BCUT2D eigenvalue weighted by atomic mass is 10.1. The fraction of sp³-hybridized carbons (Fsp3) is 0.462. The zero-order valence-corrected chi connectivity index (χ0v) is 22.1. The second-order valence-corrected chi connectivity index (χ2v) is 9.88. The Morgan fingerprint density at radius 3 is 2.15 bits per heavy atom. The molecule has 2 heterocycles. The van der Waals surface area contributed by atoms with Crippen LogP contribution in [0.4, 0.5) is 26.7 Å². The number of carbonyl (C=O) groups excluding carboxylic acids is 3. The fourth-order valence-corrected chi connectivity index (χ4v) is 4.42. The van der Waals surface area contributed by atoms with Gasteiger partial charge in [-0.2, -0.15) is 13.2 Å². The largest absolute Gasteiger partial charge is 0.416 e. The molecule has 1 aromatic heterocycles. The van der Waals surface area contributed by atoms with E-state index in [0.717, 1.165) is 23.9 Å². The smallest absolute Gasteiger partial charge is 0.333 e. The molecule has 8 nitrogen and oxygen atoms in total. The maximum Gasteiger partial charge on any atom is 0.416 e. The first-order valence-electron chi connectivity index (χ1n) is 12.4. The van der Waals surface area contributed by atoms with Crippen molar-refractivity contribution in [3.05, 3.63) is 64.5 Å². The van der Waals surface area contributed by atoms with Crippen LogP contribution in [0.3, 0.4) is 0 Å². The van der Waals surface area contributed by atoms with Crippen molar-refractivity contribution in [2.45, 2.75) is 77.8 Å².